The molecule has 0 atom stereocenters. The summed E-state index contributed by atoms with van der Waals surface area (Å²) >= 11 is 0. The van der Waals surface area contributed by atoms with Gasteiger partial charge in [0.15, 0.2) is 0 Å². The summed E-state index contributed by atoms with van der Waals surface area (Å²) in [7, 11) is -3.80. The number of hydrogen-bond acceptors (Lipinski definition) is 6. The third-order valence-electron chi connectivity index (χ3n) is 3.25. The van der Waals surface area contributed by atoms with E-state index >= 15 is 0 Å². The molecule has 1 aliphatic heterocycles. The lowest BCUT2D eigenvalue weighted by Crippen LogP contribution is -2.63. The fourth-order valence-electron chi connectivity index (χ4n) is 2.08. The molecule has 9 heteroatoms. The SMILES string of the molecule is CC1(C)C(=O)NCCN1S(=O)(=O)c1ccnc(NN)c1. The Bertz CT molecular complexity index is 629. The monoisotopic (exact) mass is 299 g/mol. The first-order chi connectivity index (χ1) is 9.30. The summed E-state index contributed by atoms with van der Waals surface area (Å²) in [6.45, 7) is 3.65. The molecule has 2 heterocycles. The van der Waals surface area contributed by atoms with E-state index in [0.717, 1.165) is 0 Å². The molecule has 110 valence electrons. The number of pyridine rings is 1. The number of hydrogen-bond donors (Lipinski definition) is 3. The summed E-state index contributed by atoms with van der Waals surface area (Å²) in [4.78, 5) is 15.8. The summed E-state index contributed by atoms with van der Waals surface area (Å²) in [6.07, 6.45) is 1.35. The predicted octanol–water partition coefficient (Wildman–Crippen LogP) is -0.734. The number of amides is 1. The minimum Gasteiger partial charge on any atom is -0.353 e. The number of anilines is 1. The van der Waals surface area contributed by atoms with Crippen molar-refractivity contribution in [2.24, 2.45) is 5.84 Å². The van der Waals surface area contributed by atoms with Crippen LogP contribution in [0.25, 0.3) is 0 Å². The number of aromatic nitrogens is 1. The molecule has 1 amide bonds. The van der Waals surface area contributed by atoms with E-state index in [1.54, 1.807) is 13.8 Å². The van der Waals surface area contributed by atoms with Gasteiger partial charge in [-0.05, 0) is 19.9 Å². The van der Waals surface area contributed by atoms with Crippen molar-refractivity contribution >= 4 is 21.7 Å². The van der Waals surface area contributed by atoms with Gasteiger partial charge in [0.05, 0.1) is 4.90 Å². The summed E-state index contributed by atoms with van der Waals surface area (Å²) in [5.41, 5.74) is 1.16. The predicted molar refractivity (Wildman–Crippen MR) is 73.0 cm³/mol. The van der Waals surface area contributed by atoms with Gasteiger partial charge in [-0.2, -0.15) is 4.31 Å². The van der Waals surface area contributed by atoms with Crippen molar-refractivity contribution in [3.05, 3.63) is 18.3 Å². The van der Waals surface area contributed by atoms with Gasteiger partial charge in [0.2, 0.25) is 15.9 Å². The van der Waals surface area contributed by atoms with Crippen LogP contribution in [0.4, 0.5) is 5.82 Å². The Balaban J connectivity index is 2.46. The molecule has 0 unspecified atom stereocenters. The maximum Gasteiger partial charge on any atom is 0.244 e. The lowest BCUT2D eigenvalue weighted by Gasteiger charge is -2.39. The highest BCUT2D eigenvalue weighted by atomic mass is 32.2. The number of carbonyl (C=O) groups is 1. The summed E-state index contributed by atoms with van der Waals surface area (Å²) in [6, 6.07) is 2.71. The first-order valence-corrected chi connectivity index (χ1v) is 7.48. The first kappa shape index (κ1) is 14.7. The Morgan fingerprint density at radius 3 is 2.85 bits per heavy atom. The molecule has 0 aromatic carbocycles. The van der Waals surface area contributed by atoms with Gasteiger partial charge in [0, 0.05) is 25.4 Å². The van der Waals surface area contributed by atoms with Crippen LogP contribution in [0.3, 0.4) is 0 Å². The molecular weight excluding hydrogens is 282 g/mol. The van der Waals surface area contributed by atoms with Crippen molar-refractivity contribution < 1.29 is 13.2 Å². The Hall–Kier alpha value is -1.71. The van der Waals surface area contributed by atoms with Crippen molar-refractivity contribution in [2.45, 2.75) is 24.3 Å². The summed E-state index contributed by atoms with van der Waals surface area (Å²) in [5.74, 6) is 5.15. The second-order valence-electron chi connectivity index (χ2n) is 4.91. The van der Waals surface area contributed by atoms with E-state index in [9.17, 15) is 13.2 Å². The largest absolute Gasteiger partial charge is 0.353 e. The number of nitrogens with zero attached hydrogens (tertiary/aromatic N) is 2. The van der Waals surface area contributed by atoms with Crippen LogP contribution in [0.2, 0.25) is 0 Å². The molecule has 0 bridgehead atoms. The molecule has 4 N–H and O–H groups in total. The van der Waals surface area contributed by atoms with Gasteiger partial charge in [0.25, 0.3) is 0 Å². The smallest absolute Gasteiger partial charge is 0.244 e. The van der Waals surface area contributed by atoms with Crippen LogP contribution in [0.1, 0.15) is 13.8 Å². The molecule has 1 fully saturated rings. The number of nitrogen functional groups attached to an aromatic ring is 1. The Labute approximate surface area is 117 Å². The molecular formula is C11H17N5O3S. The van der Waals surface area contributed by atoms with Crippen LogP contribution < -0.4 is 16.6 Å². The fourth-order valence-corrected chi connectivity index (χ4v) is 3.84. The highest BCUT2D eigenvalue weighted by Crippen LogP contribution is 2.27. The molecule has 20 heavy (non-hydrogen) atoms. The zero-order chi connectivity index (χ0) is 15.0. The average molecular weight is 299 g/mol. The number of sulfonamides is 1. The third-order valence-corrected chi connectivity index (χ3v) is 5.32. The Kier molecular flexibility index (Phi) is 3.67. The van der Waals surface area contributed by atoms with Crippen molar-refractivity contribution in [3.63, 3.8) is 0 Å². The standard InChI is InChI=1S/C11H17N5O3S/c1-11(2)10(17)14-5-6-16(11)20(18,19)8-3-4-13-9(7-8)15-12/h3-4,7H,5-6,12H2,1-2H3,(H,13,15)(H,14,17). The number of carbonyl (C=O) groups excluding carboxylic acids is 1. The maximum atomic E-state index is 12.7. The second-order valence-corrected chi connectivity index (χ2v) is 6.78. The van der Waals surface area contributed by atoms with Crippen LogP contribution >= 0.6 is 0 Å². The topological polar surface area (TPSA) is 117 Å². The molecule has 1 aromatic rings. The van der Waals surface area contributed by atoms with E-state index in [1.807, 2.05) is 0 Å². The summed E-state index contributed by atoms with van der Waals surface area (Å²) < 4.78 is 26.5. The van der Waals surface area contributed by atoms with E-state index < -0.39 is 15.6 Å². The van der Waals surface area contributed by atoms with E-state index in [-0.39, 0.29) is 29.7 Å². The first-order valence-electron chi connectivity index (χ1n) is 6.04. The van der Waals surface area contributed by atoms with Crippen LogP contribution in [0.5, 0.6) is 0 Å². The highest BCUT2D eigenvalue weighted by molar-refractivity contribution is 7.89. The molecule has 0 spiro atoms. The van der Waals surface area contributed by atoms with Crippen LogP contribution in [0.15, 0.2) is 23.2 Å². The molecule has 1 aromatic heterocycles. The van der Waals surface area contributed by atoms with Gasteiger partial charge in [-0.1, -0.05) is 0 Å². The quantitative estimate of drug-likeness (QED) is 0.500. The summed E-state index contributed by atoms with van der Waals surface area (Å²) in [5, 5.41) is 2.66. The molecule has 2 rings (SSSR count). The normalized spacial score (nSPS) is 19.4. The number of hydrazine groups is 1. The van der Waals surface area contributed by atoms with E-state index in [4.69, 9.17) is 5.84 Å². The lowest BCUT2D eigenvalue weighted by atomic mass is 10.0. The minimum atomic E-state index is -3.80. The van der Waals surface area contributed by atoms with Crippen molar-refractivity contribution in [2.75, 3.05) is 18.5 Å². The molecule has 8 nitrogen and oxygen atoms in total. The highest BCUT2D eigenvalue weighted by Gasteiger charge is 2.44. The van der Waals surface area contributed by atoms with E-state index in [0.29, 0.717) is 0 Å². The number of piperazine rings is 1. The van der Waals surface area contributed by atoms with Crippen molar-refractivity contribution in [1.29, 1.82) is 0 Å². The van der Waals surface area contributed by atoms with Crippen LogP contribution in [0, 0.1) is 0 Å². The Morgan fingerprint density at radius 2 is 2.20 bits per heavy atom. The molecule has 1 aliphatic rings. The van der Waals surface area contributed by atoms with Crippen LogP contribution in [-0.4, -0.2) is 42.2 Å². The van der Waals surface area contributed by atoms with E-state index in [2.05, 4.69) is 15.7 Å². The molecule has 0 saturated carbocycles. The van der Waals surface area contributed by atoms with Crippen LogP contribution in [-0.2, 0) is 14.8 Å². The molecule has 1 saturated heterocycles. The molecule has 0 aliphatic carbocycles. The number of rotatable bonds is 3. The van der Waals surface area contributed by atoms with Gasteiger partial charge in [0.1, 0.15) is 11.4 Å². The molecule has 0 radical (unpaired) electrons. The second kappa shape index (κ2) is 5.00. The fraction of sp³-hybridized carbons (Fsp3) is 0.455. The third kappa shape index (κ3) is 2.35. The number of nitrogens with two attached hydrogens (primary N) is 1. The van der Waals surface area contributed by atoms with E-state index in [1.165, 1.54) is 22.6 Å². The average Bonchev–Trinajstić information content (AvgIpc) is 2.41. The Morgan fingerprint density at radius 1 is 1.50 bits per heavy atom. The van der Waals surface area contributed by atoms with Gasteiger partial charge in [-0.15, -0.1) is 0 Å². The van der Waals surface area contributed by atoms with Gasteiger partial charge in [-0.3, -0.25) is 4.79 Å². The maximum absolute atomic E-state index is 12.7. The zero-order valence-corrected chi connectivity index (χ0v) is 12.1. The lowest BCUT2D eigenvalue weighted by molar-refractivity contribution is -0.131. The van der Waals surface area contributed by atoms with Gasteiger partial charge >= 0.3 is 0 Å². The number of nitrogens with one attached hydrogen (secondary N) is 2. The van der Waals surface area contributed by atoms with Crippen molar-refractivity contribution in [1.82, 2.24) is 14.6 Å². The van der Waals surface area contributed by atoms with Gasteiger partial charge < -0.3 is 10.7 Å². The zero-order valence-electron chi connectivity index (χ0n) is 11.3. The van der Waals surface area contributed by atoms with Gasteiger partial charge in [-0.25, -0.2) is 19.2 Å². The van der Waals surface area contributed by atoms with Crippen molar-refractivity contribution in [3.8, 4) is 0 Å². The minimum absolute atomic E-state index is 0.0447.